The van der Waals surface area contributed by atoms with E-state index in [2.05, 4.69) is 14.9 Å². The Hall–Kier alpha value is -3.69. The van der Waals surface area contributed by atoms with Gasteiger partial charge in [0.1, 0.15) is 5.75 Å². The van der Waals surface area contributed by atoms with E-state index in [1.54, 1.807) is 48.5 Å². The summed E-state index contributed by atoms with van der Waals surface area (Å²) in [5.41, 5.74) is 4.36. The third kappa shape index (κ3) is 5.05. The zero-order valence-corrected chi connectivity index (χ0v) is 19.0. The minimum atomic E-state index is -2.42. The maximum Gasteiger partial charge on any atom is 0.254 e. The first kappa shape index (κ1) is 22.5. The second kappa shape index (κ2) is 9.85. The van der Waals surface area contributed by atoms with Gasteiger partial charge in [-0.1, -0.05) is 30.3 Å². The molecule has 0 saturated carbocycles. The van der Waals surface area contributed by atoms with Crippen LogP contribution in [0.15, 0.2) is 66.9 Å². The summed E-state index contributed by atoms with van der Waals surface area (Å²) in [6.07, 6.45) is 1.76. The molecule has 0 aliphatic carbocycles. The van der Waals surface area contributed by atoms with Gasteiger partial charge in [0, 0.05) is 47.1 Å². The Kier molecular flexibility index (Phi) is 6.71. The molecule has 1 amide bonds. The van der Waals surface area contributed by atoms with Crippen molar-refractivity contribution in [3.8, 4) is 16.9 Å². The van der Waals surface area contributed by atoms with Crippen molar-refractivity contribution in [1.29, 1.82) is 0 Å². The lowest BCUT2D eigenvalue weighted by Crippen LogP contribution is -2.26. The van der Waals surface area contributed by atoms with Crippen molar-refractivity contribution < 1.29 is 18.3 Å². The smallest absolute Gasteiger partial charge is 0.254 e. The number of hydrogen-bond acceptors (Lipinski definition) is 5. The average Bonchev–Trinajstić information content (AvgIpc) is 3.28. The molecule has 1 heterocycles. The van der Waals surface area contributed by atoms with Gasteiger partial charge in [0.2, 0.25) is 0 Å². The third-order valence-electron chi connectivity index (χ3n) is 5.22. The molecule has 0 radical (unpaired) electrons. The summed E-state index contributed by atoms with van der Waals surface area (Å²) in [5, 5.41) is 8.06. The van der Waals surface area contributed by atoms with Crippen molar-refractivity contribution in [3.63, 3.8) is 0 Å². The standard InChI is InChI=1S/C24H24N4O4S/c1-3-32-22-13-17(10-11-21(22)16-6-5-9-20(12-16)27-33(30)31)24(29)28(2)15-19-8-4-7-18-14-25-26-23(18)19/h4-14,27H,3,15H2,1-2H3,(H,25,26)(H,30,31)/p-1. The maximum atomic E-state index is 13.2. The average molecular weight is 464 g/mol. The predicted molar refractivity (Wildman–Crippen MR) is 127 cm³/mol. The van der Waals surface area contributed by atoms with Crippen molar-refractivity contribution in [2.24, 2.45) is 0 Å². The number of para-hydroxylation sites is 1. The molecule has 2 N–H and O–H groups in total. The van der Waals surface area contributed by atoms with E-state index in [0.717, 1.165) is 27.6 Å². The number of carbonyl (C=O) groups is 1. The normalized spacial score (nSPS) is 11.8. The molecule has 0 aliphatic heterocycles. The highest BCUT2D eigenvalue weighted by molar-refractivity contribution is 7.80. The largest absolute Gasteiger partial charge is 0.755 e. The molecule has 1 aromatic heterocycles. The lowest BCUT2D eigenvalue weighted by Gasteiger charge is -2.19. The molecule has 0 spiro atoms. The first-order chi connectivity index (χ1) is 16.0. The Morgan fingerprint density at radius 1 is 1.18 bits per heavy atom. The monoisotopic (exact) mass is 463 g/mol. The summed E-state index contributed by atoms with van der Waals surface area (Å²) in [7, 11) is 1.75. The number of aromatic amines is 1. The summed E-state index contributed by atoms with van der Waals surface area (Å²) in [6.45, 7) is 2.71. The highest BCUT2D eigenvalue weighted by Crippen LogP contribution is 2.33. The van der Waals surface area contributed by atoms with Crippen LogP contribution in [0.5, 0.6) is 5.75 Å². The molecule has 8 nitrogen and oxygen atoms in total. The Morgan fingerprint density at radius 2 is 2.00 bits per heavy atom. The van der Waals surface area contributed by atoms with Gasteiger partial charge in [0.25, 0.3) is 5.91 Å². The van der Waals surface area contributed by atoms with Crippen molar-refractivity contribution in [1.82, 2.24) is 15.1 Å². The van der Waals surface area contributed by atoms with Crippen LogP contribution in [0.3, 0.4) is 0 Å². The SMILES string of the molecule is CCOc1cc(C(=O)N(C)Cc2cccc3cn[nH]c23)ccc1-c1cccc(NS(=O)[O-])c1. The molecular weight excluding hydrogens is 440 g/mol. The van der Waals surface area contributed by atoms with E-state index in [9.17, 15) is 13.6 Å². The number of aromatic nitrogens is 2. The highest BCUT2D eigenvalue weighted by atomic mass is 32.2. The summed E-state index contributed by atoms with van der Waals surface area (Å²) >= 11 is -2.42. The van der Waals surface area contributed by atoms with Gasteiger partial charge in [-0.05, 0) is 48.4 Å². The van der Waals surface area contributed by atoms with E-state index in [-0.39, 0.29) is 5.91 Å². The molecule has 170 valence electrons. The molecule has 3 aromatic carbocycles. The van der Waals surface area contributed by atoms with Crippen LogP contribution in [0.1, 0.15) is 22.8 Å². The van der Waals surface area contributed by atoms with E-state index >= 15 is 0 Å². The van der Waals surface area contributed by atoms with E-state index in [1.807, 2.05) is 37.3 Å². The number of carbonyl (C=O) groups excluding carboxylic acids is 1. The summed E-state index contributed by atoms with van der Waals surface area (Å²) in [5.74, 6) is 0.406. The van der Waals surface area contributed by atoms with Gasteiger partial charge < -0.3 is 18.9 Å². The van der Waals surface area contributed by atoms with Gasteiger partial charge in [-0.3, -0.25) is 14.1 Å². The number of ether oxygens (including phenoxy) is 1. The number of hydrogen-bond donors (Lipinski definition) is 2. The van der Waals surface area contributed by atoms with E-state index in [0.29, 0.717) is 30.2 Å². The Morgan fingerprint density at radius 3 is 2.79 bits per heavy atom. The van der Waals surface area contributed by atoms with E-state index < -0.39 is 11.3 Å². The van der Waals surface area contributed by atoms with Gasteiger partial charge >= 0.3 is 0 Å². The highest BCUT2D eigenvalue weighted by Gasteiger charge is 2.17. The van der Waals surface area contributed by atoms with E-state index in [4.69, 9.17) is 4.74 Å². The number of benzene rings is 3. The Bertz CT molecular complexity index is 1320. The zero-order valence-electron chi connectivity index (χ0n) is 18.2. The number of fused-ring (bicyclic) bond motifs is 1. The third-order valence-corrected chi connectivity index (χ3v) is 5.62. The number of rotatable bonds is 8. The minimum absolute atomic E-state index is 0.142. The molecule has 4 aromatic rings. The van der Waals surface area contributed by atoms with Crippen LogP contribution in [-0.2, 0) is 17.8 Å². The minimum Gasteiger partial charge on any atom is -0.755 e. The predicted octanol–water partition coefficient (Wildman–Crippen LogP) is 4.11. The molecule has 33 heavy (non-hydrogen) atoms. The summed E-state index contributed by atoms with van der Waals surface area (Å²) in [4.78, 5) is 14.8. The molecule has 0 fully saturated rings. The van der Waals surface area contributed by atoms with Crippen molar-refractivity contribution >= 4 is 33.8 Å². The van der Waals surface area contributed by atoms with Crippen LogP contribution in [0, 0.1) is 0 Å². The topological polar surface area (TPSA) is 110 Å². The number of amides is 1. The number of nitrogens with zero attached hydrogens (tertiary/aromatic N) is 2. The van der Waals surface area contributed by atoms with Crippen molar-refractivity contribution in [3.05, 3.63) is 78.0 Å². The second-order valence-corrected chi connectivity index (χ2v) is 8.15. The maximum absolute atomic E-state index is 13.2. The lowest BCUT2D eigenvalue weighted by atomic mass is 10.0. The molecule has 0 saturated heterocycles. The summed E-state index contributed by atoms with van der Waals surface area (Å²) < 4.78 is 30.1. The van der Waals surface area contributed by atoms with Crippen molar-refractivity contribution in [2.45, 2.75) is 13.5 Å². The van der Waals surface area contributed by atoms with Gasteiger partial charge in [0.05, 0.1) is 18.3 Å². The zero-order chi connectivity index (χ0) is 23.4. The van der Waals surface area contributed by atoms with Crippen LogP contribution < -0.4 is 9.46 Å². The fourth-order valence-electron chi connectivity index (χ4n) is 3.72. The molecule has 4 rings (SSSR count). The molecule has 0 bridgehead atoms. The van der Waals surface area contributed by atoms with Crippen LogP contribution in [0.2, 0.25) is 0 Å². The van der Waals surface area contributed by atoms with Gasteiger partial charge in [-0.2, -0.15) is 5.10 Å². The number of anilines is 1. The fourth-order valence-corrected chi connectivity index (χ4v) is 4.04. The van der Waals surface area contributed by atoms with Crippen molar-refractivity contribution in [2.75, 3.05) is 18.4 Å². The van der Waals surface area contributed by atoms with E-state index in [1.165, 1.54) is 0 Å². The van der Waals surface area contributed by atoms with Gasteiger partial charge in [-0.15, -0.1) is 0 Å². The molecule has 9 heteroatoms. The quantitative estimate of drug-likeness (QED) is 0.382. The van der Waals surface area contributed by atoms with Crippen LogP contribution in [0.4, 0.5) is 5.69 Å². The van der Waals surface area contributed by atoms with Crippen LogP contribution in [-0.4, -0.2) is 43.4 Å². The molecular formula is C24H23N4O4S-. The first-order valence-electron chi connectivity index (χ1n) is 10.4. The second-order valence-electron chi connectivity index (χ2n) is 7.47. The number of nitrogens with one attached hydrogen (secondary N) is 2. The molecule has 1 unspecified atom stereocenters. The Labute approximate surface area is 194 Å². The fraction of sp³-hybridized carbons (Fsp3) is 0.167. The number of H-pyrrole nitrogens is 1. The van der Waals surface area contributed by atoms with Gasteiger partial charge in [0.15, 0.2) is 0 Å². The lowest BCUT2D eigenvalue weighted by molar-refractivity contribution is 0.0785. The first-order valence-corrected chi connectivity index (χ1v) is 11.4. The Balaban J connectivity index is 1.61. The van der Waals surface area contributed by atoms with Crippen LogP contribution in [0.25, 0.3) is 22.0 Å². The van der Waals surface area contributed by atoms with Crippen LogP contribution >= 0.6 is 0 Å². The molecule has 0 aliphatic rings. The van der Waals surface area contributed by atoms with Gasteiger partial charge in [-0.25, -0.2) is 0 Å². The summed E-state index contributed by atoms with van der Waals surface area (Å²) in [6, 6.07) is 18.1. The molecule has 1 atom stereocenters.